The summed E-state index contributed by atoms with van der Waals surface area (Å²) in [5.74, 6) is -0.391. The summed E-state index contributed by atoms with van der Waals surface area (Å²) < 4.78 is 28.4. The summed E-state index contributed by atoms with van der Waals surface area (Å²) in [5.41, 5.74) is 0. The van der Waals surface area contributed by atoms with E-state index in [4.69, 9.17) is 0 Å². The van der Waals surface area contributed by atoms with Crippen molar-refractivity contribution in [3.8, 4) is 0 Å². The molecular formula is C21H31BrN4O4S2. The van der Waals surface area contributed by atoms with Crippen molar-refractivity contribution in [3.05, 3.63) is 26.2 Å². The number of sulfonamides is 1. The van der Waals surface area contributed by atoms with Gasteiger partial charge in [-0.2, -0.15) is 4.72 Å². The third-order valence-corrected chi connectivity index (χ3v) is 8.39. The number of carbonyl (C=O) groups excluding carboxylic acids is 2. The monoisotopic (exact) mass is 546 g/mol. The molecule has 0 aromatic carbocycles. The molecule has 8 nitrogen and oxygen atoms in total. The second kappa shape index (κ2) is 11.2. The molecule has 178 valence electrons. The van der Waals surface area contributed by atoms with E-state index < -0.39 is 16.1 Å². The molecule has 2 saturated heterocycles. The largest absolute Gasteiger partial charge is 0.337 e. The average Bonchev–Trinajstić information content (AvgIpc) is 3.15. The predicted molar refractivity (Wildman–Crippen MR) is 131 cm³/mol. The molecule has 3 heterocycles. The lowest BCUT2D eigenvalue weighted by Gasteiger charge is -2.39. The third kappa shape index (κ3) is 7.11. The van der Waals surface area contributed by atoms with Gasteiger partial charge in [-0.3, -0.25) is 9.59 Å². The van der Waals surface area contributed by atoms with Crippen molar-refractivity contribution in [2.45, 2.75) is 44.2 Å². The highest BCUT2D eigenvalue weighted by Crippen LogP contribution is 2.23. The van der Waals surface area contributed by atoms with Crippen LogP contribution in [0.25, 0.3) is 6.08 Å². The number of hydrogen-bond donors (Lipinski definition) is 1. The molecule has 2 atom stereocenters. The molecule has 1 aromatic heterocycles. The minimum absolute atomic E-state index is 0.0000506. The molecule has 0 radical (unpaired) electrons. The summed E-state index contributed by atoms with van der Waals surface area (Å²) in [7, 11) is 0.203. The fourth-order valence-electron chi connectivity index (χ4n) is 4.21. The predicted octanol–water partition coefficient (Wildman–Crippen LogP) is 2.33. The van der Waals surface area contributed by atoms with Crippen LogP contribution in [0.2, 0.25) is 0 Å². The highest BCUT2D eigenvalue weighted by molar-refractivity contribution is 9.11. The Morgan fingerprint density at radius 3 is 2.72 bits per heavy atom. The molecule has 0 spiro atoms. The number of rotatable bonds is 8. The molecule has 1 N–H and O–H groups in total. The van der Waals surface area contributed by atoms with Crippen molar-refractivity contribution in [2.75, 3.05) is 40.3 Å². The van der Waals surface area contributed by atoms with Crippen LogP contribution < -0.4 is 4.72 Å². The molecule has 2 aliphatic heterocycles. The Hall–Kier alpha value is -1.27. The zero-order valence-electron chi connectivity index (χ0n) is 18.5. The Balaban J connectivity index is 1.60. The van der Waals surface area contributed by atoms with Crippen molar-refractivity contribution in [1.82, 2.24) is 19.4 Å². The van der Waals surface area contributed by atoms with Crippen LogP contribution >= 0.6 is 27.3 Å². The Morgan fingerprint density at radius 1 is 1.25 bits per heavy atom. The molecule has 0 aliphatic carbocycles. The lowest BCUT2D eigenvalue weighted by Crippen LogP contribution is -2.56. The highest BCUT2D eigenvalue weighted by Gasteiger charge is 2.34. The third-order valence-electron chi connectivity index (χ3n) is 5.69. The first-order valence-corrected chi connectivity index (χ1v) is 14.0. The fraction of sp³-hybridized carbons (Fsp3) is 0.619. The van der Waals surface area contributed by atoms with Gasteiger partial charge in [0.25, 0.3) is 0 Å². The molecule has 2 amide bonds. The zero-order chi connectivity index (χ0) is 23.3. The van der Waals surface area contributed by atoms with Gasteiger partial charge in [-0.1, -0.05) is 0 Å². The van der Waals surface area contributed by atoms with E-state index in [0.29, 0.717) is 25.9 Å². The van der Waals surface area contributed by atoms with Gasteiger partial charge in [0.15, 0.2) is 0 Å². The van der Waals surface area contributed by atoms with Gasteiger partial charge in [-0.15, -0.1) is 11.3 Å². The summed E-state index contributed by atoms with van der Waals surface area (Å²) in [6.45, 7) is 1.97. The van der Waals surface area contributed by atoms with Gasteiger partial charge >= 0.3 is 0 Å². The number of thiophene rings is 1. The molecule has 0 saturated carbocycles. The Bertz CT molecular complexity index is 947. The van der Waals surface area contributed by atoms with Crippen molar-refractivity contribution in [3.63, 3.8) is 0 Å². The number of likely N-dealkylation sites (tertiary alicyclic amines) is 2. The number of carbonyl (C=O) groups is 2. The summed E-state index contributed by atoms with van der Waals surface area (Å²) in [4.78, 5) is 32.2. The van der Waals surface area contributed by atoms with E-state index in [1.807, 2.05) is 31.1 Å². The Kier molecular flexibility index (Phi) is 8.90. The molecule has 1 aromatic rings. The molecule has 2 fully saturated rings. The quantitative estimate of drug-likeness (QED) is 0.540. The van der Waals surface area contributed by atoms with Gasteiger partial charge in [-0.05, 0) is 80.3 Å². The van der Waals surface area contributed by atoms with Gasteiger partial charge in [0.1, 0.15) is 6.04 Å². The minimum atomic E-state index is -3.79. The normalized spacial score (nSPS) is 22.8. The first-order chi connectivity index (χ1) is 15.1. The van der Waals surface area contributed by atoms with Crippen LogP contribution in [-0.4, -0.2) is 87.3 Å². The van der Waals surface area contributed by atoms with Gasteiger partial charge in [0, 0.05) is 36.0 Å². The Labute approximate surface area is 202 Å². The number of likely N-dealkylation sites (N-methyl/N-ethyl adjacent to an activating group) is 1. The standard InChI is InChI=1S/C21H31BrN4O4S2/c1-24(2)14-16-6-3-4-12-26(16)20(27)15-25-11-5-7-18(21(25)28)23-32(29,30)13-10-17-8-9-19(22)31-17/h8-10,13,16,18,23H,3-7,11-12,14-15H2,1-2H3/b13-10+/t16?,18-/m0/s1. The van der Waals surface area contributed by atoms with Crippen LogP contribution in [0.15, 0.2) is 21.3 Å². The van der Waals surface area contributed by atoms with Crippen molar-refractivity contribution in [1.29, 1.82) is 0 Å². The number of hydrogen-bond acceptors (Lipinski definition) is 6. The topological polar surface area (TPSA) is 90.0 Å². The smallest absolute Gasteiger partial charge is 0.242 e. The first kappa shape index (κ1) is 25.4. The van der Waals surface area contributed by atoms with Crippen LogP contribution in [-0.2, 0) is 19.6 Å². The second-order valence-electron chi connectivity index (χ2n) is 8.56. The number of piperidine rings is 2. The van der Waals surface area contributed by atoms with E-state index in [-0.39, 0.29) is 24.4 Å². The zero-order valence-corrected chi connectivity index (χ0v) is 21.7. The molecule has 0 bridgehead atoms. The number of amides is 2. The Morgan fingerprint density at radius 2 is 2.03 bits per heavy atom. The van der Waals surface area contributed by atoms with Gasteiger partial charge in [-0.25, -0.2) is 8.42 Å². The average molecular weight is 548 g/mol. The van der Waals surface area contributed by atoms with Crippen LogP contribution in [0.3, 0.4) is 0 Å². The number of halogens is 1. The van der Waals surface area contributed by atoms with E-state index in [1.165, 1.54) is 22.3 Å². The lowest BCUT2D eigenvalue weighted by atomic mass is 10.0. The number of nitrogens with one attached hydrogen (secondary N) is 1. The van der Waals surface area contributed by atoms with Gasteiger partial charge < -0.3 is 14.7 Å². The van der Waals surface area contributed by atoms with E-state index in [9.17, 15) is 18.0 Å². The van der Waals surface area contributed by atoms with Crippen molar-refractivity contribution in [2.24, 2.45) is 0 Å². The molecular weight excluding hydrogens is 516 g/mol. The SMILES string of the molecule is CN(C)CC1CCCCN1C(=O)CN1CCC[C@H](NS(=O)(=O)/C=C/c2ccc(Br)s2)C1=O. The van der Waals surface area contributed by atoms with Crippen LogP contribution in [0.1, 0.15) is 37.0 Å². The minimum Gasteiger partial charge on any atom is -0.337 e. The maximum absolute atomic E-state index is 13.0. The second-order valence-corrected chi connectivity index (χ2v) is 12.7. The highest BCUT2D eigenvalue weighted by atomic mass is 79.9. The summed E-state index contributed by atoms with van der Waals surface area (Å²) in [5, 5.41) is 1.09. The number of nitrogens with zero attached hydrogens (tertiary/aromatic N) is 3. The van der Waals surface area contributed by atoms with Crippen molar-refractivity contribution >= 4 is 55.2 Å². The molecule has 11 heteroatoms. The van der Waals surface area contributed by atoms with Gasteiger partial charge in [0.05, 0.1) is 10.3 Å². The van der Waals surface area contributed by atoms with E-state index in [1.54, 1.807) is 0 Å². The maximum Gasteiger partial charge on any atom is 0.242 e. The maximum atomic E-state index is 13.0. The van der Waals surface area contributed by atoms with E-state index in [2.05, 4.69) is 25.6 Å². The van der Waals surface area contributed by atoms with Gasteiger partial charge in [0.2, 0.25) is 21.8 Å². The fourth-order valence-corrected chi connectivity index (χ4v) is 6.65. The first-order valence-electron chi connectivity index (χ1n) is 10.8. The molecule has 1 unspecified atom stereocenters. The molecule has 3 rings (SSSR count). The van der Waals surface area contributed by atoms with Crippen molar-refractivity contribution < 1.29 is 18.0 Å². The van der Waals surface area contributed by atoms with E-state index in [0.717, 1.165) is 39.9 Å². The van der Waals surface area contributed by atoms with Crippen LogP contribution in [0.5, 0.6) is 0 Å². The van der Waals surface area contributed by atoms with Crippen LogP contribution in [0.4, 0.5) is 0 Å². The summed E-state index contributed by atoms with van der Waals surface area (Å²) >= 11 is 4.76. The van der Waals surface area contributed by atoms with E-state index >= 15 is 0 Å². The molecule has 32 heavy (non-hydrogen) atoms. The van der Waals surface area contributed by atoms with Crippen LogP contribution in [0, 0.1) is 0 Å². The molecule has 2 aliphatic rings. The summed E-state index contributed by atoms with van der Waals surface area (Å²) in [6.07, 6.45) is 5.62. The summed E-state index contributed by atoms with van der Waals surface area (Å²) in [6, 6.07) is 2.96. The lowest BCUT2D eigenvalue weighted by molar-refractivity contribution is -0.145.